The molecule has 1 aromatic carbocycles. The second-order valence-electron chi connectivity index (χ2n) is 5.03. The molecule has 1 aliphatic heterocycles. The van der Waals surface area contributed by atoms with Crippen molar-refractivity contribution in [1.29, 1.82) is 0 Å². The fraction of sp³-hybridized carbons (Fsp3) is 0.333. The molecule has 4 nitrogen and oxygen atoms in total. The van der Waals surface area contributed by atoms with Crippen LogP contribution in [0.25, 0.3) is 11.3 Å². The van der Waals surface area contributed by atoms with E-state index in [9.17, 15) is 4.79 Å². The number of hydrogen-bond acceptors (Lipinski definition) is 4. The van der Waals surface area contributed by atoms with E-state index in [4.69, 9.17) is 11.6 Å². The Morgan fingerprint density at radius 3 is 2.86 bits per heavy atom. The summed E-state index contributed by atoms with van der Waals surface area (Å²) in [4.78, 5) is 16.6. The van der Waals surface area contributed by atoms with Gasteiger partial charge in [0.15, 0.2) is 5.13 Å². The molecule has 1 amide bonds. The fourth-order valence-corrected chi connectivity index (χ4v) is 3.36. The van der Waals surface area contributed by atoms with Crippen LogP contribution < -0.4 is 10.6 Å². The summed E-state index contributed by atoms with van der Waals surface area (Å²) < 4.78 is 0. The van der Waals surface area contributed by atoms with Crippen molar-refractivity contribution in [2.45, 2.75) is 12.8 Å². The van der Waals surface area contributed by atoms with Crippen LogP contribution in [0.3, 0.4) is 0 Å². The minimum absolute atomic E-state index is 0.0663. The summed E-state index contributed by atoms with van der Waals surface area (Å²) >= 11 is 7.59. The highest BCUT2D eigenvalue weighted by atomic mass is 35.5. The summed E-state index contributed by atoms with van der Waals surface area (Å²) in [7, 11) is 0. The normalized spacial score (nSPS) is 15.9. The number of carbonyl (C=O) groups is 1. The molecule has 0 atom stereocenters. The van der Waals surface area contributed by atoms with Gasteiger partial charge in [-0.25, -0.2) is 4.98 Å². The van der Waals surface area contributed by atoms with Gasteiger partial charge in [0.25, 0.3) is 0 Å². The lowest BCUT2D eigenvalue weighted by Crippen LogP contribution is -2.34. The molecule has 2 aromatic rings. The van der Waals surface area contributed by atoms with Gasteiger partial charge >= 0.3 is 0 Å². The first kappa shape index (κ1) is 14.5. The number of thiazole rings is 1. The molecule has 0 aliphatic carbocycles. The van der Waals surface area contributed by atoms with E-state index >= 15 is 0 Å². The van der Waals surface area contributed by atoms with Crippen molar-refractivity contribution in [2.75, 3.05) is 18.4 Å². The van der Waals surface area contributed by atoms with Gasteiger partial charge in [0, 0.05) is 21.9 Å². The first-order valence-corrected chi connectivity index (χ1v) is 8.22. The van der Waals surface area contributed by atoms with Gasteiger partial charge in [0.1, 0.15) is 0 Å². The number of halogens is 1. The van der Waals surface area contributed by atoms with Crippen LogP contribution in [0, 0.1) is 5.92 Å². The Bertz CT molecular complexity index is 637. The molecule has 3 rings (SSSR count). The zero-order chi connectivity index (χ0) is 14.7. The second-order valence-corrected chi connectivity index (χ2v) is 6.30. The molecule has 0 radical (unpaired) electrons. The molecule has 0 saturated carbocycles. The molecule has 1 saturated heterocycles. The van der Waals surface area contributed by atoms with E-state index in [1.54, 1.807) is 0 Å². The topological polar surface area (TPSA) is 54.0 Å². The van der Waals surface area contributed by atoms with Crippen LogP contribution in [0.15, 0.2) is 29.6 Å². The standard InChI is InChI=1S/C15H16ClN3OS/c16-12-4-2-1-3-11(12)13-9-21-15(18-13)19-14(20)10-5-7-17-8-6-10/h1-4,9-10,17H,5-8H2,(H,18,19,20). The third kappa shape index (κ3) is 3.43. The maximum absolute atomic E-state index is 12.2. The Kier molecular flexibility index (Phi) is 4.53. The number of benzene rings is 1. The third-order valence-electron chi connectivity index (χ3n) is 3.59. The van der Waals surface area contributed by atoms with E-state index in [0.717, 1.165) is 37.2 Å². The summed E-state index contributed by atoms with van der Waals surface area (Å²) in [5, 5.41) is 9.39. The van der Waals surface area contributed by atoms with E-state index in [1.165, 1.54) is 11.3 Å². The van der Waals surface area contributed by atoms with E-state index < -0.39 is 0 Å². The zero-order valence-electron chi connectivity index (χ0n) is 11.4. The van der Waals surface area contributed by atoms with Gasteiger partial charge in [-0.2, -0.15) is 0 Å². The van der Waals surface area contributed by atoms with Crippen molar-refractivity contribution >= 4 is 34.0 Å². The molecule has 0 bridgehead atoms. The van der Waals surface area contributed by atoms with Crippen molar-refractivity contribution in [3.05, 3.63) is 34.7 Å². The highest BCUT2D eigenvalue weighted by Gasteiger charge is 2.21. The predicted octanol–water partition coefficient (Wildman–Crippen LogP) is 3.40. The highest BCUT2D eigenvalue weighted by molar-refractivity contribution is 7.14. The van der Waals surface area contributed by atoms with Crippen molar-refractivity contribution in [1.82, 2.24) is 10.3 Å². The van der Waals surface area contributed by atoms with Gasteiger partial charge in [-0.1, -0.05) is 29.8 Å². The van der Waals surface area contributed by atoms with E-state index in [1.807, 2.05) is 29.6 Å². The van der Waals surface area contributed by atoms with Crippen LogP contribution in [0.1, 0.15) is 12.8 Å². The van der Waals surface area contributed by atoms with Gasteiger partial charge in [0.05, 0.1) is 5.69 Å². The van der Waals surface area contributed by atoms with Crippen LogP contribution in [0.4, 0.5) is 5.13 Å². The third-order valence-corrected chi connectivity index (χ3v) is 4.68. The van der Waals surface area contributed by atoms with Crippen LogP contribution in [-0.4, -0.2) is 24.0 Å². The minimum Gasteiger partial charge on any atom is -0.317 e. The molecular formula is C15H16ClN3OS. The van der Waals surface area contributed by atoms with Gasteiger partial charge < -0.3 is 10.6 Å². The average Bonchev–Trinajstić information content (AvgIpc) is 2.97. The Labute approximate surface area is 132 Å². The molecule has 2 heterocycles. The quantitative estimate of drug-likeness (QED) is 0.911. The van der Waals surface area contributed by atoms with E-state index in [-0.39, 0.29) is 11.8 Å². The first-order chi connectivity index (χ1) is 10.2. The maximum atomic E-state index is 12.2. The van der Waals surface area contributed by atoms with Gasteiger partial charge in [-0.15, -0.1) is 11.3 Å². The Hall–Kier alpha value is -1.43. The van der Waals surface area contributed by atoms with Gasteiger partial charge in [-0.05, 0) is 32.0 Å². The number of anilines is 1. The summed E-state index contributed by atoms with van der Waals surface area (Å²) in [6.07, 6.45) is 1.77. The number of nitrogens with zero attached hydrogens (tertiary/aromatic N) is 1. The summed E-state index contributed by atoms with van der Waals surface area (Å²) in [6.45, 7) is 1.81. The maximum Gasteiger partial charge on any atom is 0.229 e. The number of carbonyl (C=O) groups excluding carboxylic acids is 1. The predicted molar refractivity (Wildman–Crippen MR) is 86.8 cm³/mol. The monoisotopic (exact) mass is 321 g/mol. The SMILES string of the molecule is O=C(Nc1nc(-c2ccccc2Cl)cs1)C1CCNCC1. The average molecular weight is 322 g/mol. The summed E-state index contributed by atoms with van der Waals surface area (Å²) in [6, 6.07) is 7.57. The molecule has 1 fully saturated rings. The molecule has 6 heteroatoms. The van der Waals surface area contributed by atoms with Crippen molar-refractivity contribution < 1.29 is 4.79 Å². The number of hydrogen-bond donors (Lipinski definition) is 2. The number of nitrogens with one attached hydrogen (secondary N) is 2. The molecular weight excluding hydrogens is 306 g/mol. The van der Waals surface area contributed by atoms with Crippen molar-refractivity contribution in [3.63, 3.8) is 0 Å². The molecule has 0 spiro atoms. The number of piperidine rings is 1. The fourth-order valence-electron chi connectivity index (χ4n) is 2.42. The van der Waals surface area contributed by atoms with Crippen LogP contribution in [0.2, 0.25) is 5.02 Å². The highest BCUT2D eigenvalue weighted by Crippen LogP contribution is 2.30. The number of amides is 1. The van der Waals surface area contributed by atoms with Crippen LogP contribution in [0.5, 0.6) is 0 Å². The molecule has 0 unspecified atom stereocenters. The zero-order valence-corrected chi connectivity index (χ0v) is 13.0. The first-order valence-electron chi connectivity index (χ1n) is 6.96. The summed E-state index contributed by atoms with van der Waals surface area (Å²) in [5.74, 6) is 0.149. The lowest BCUT2D eigenvalue weighted by atomic mass is 9.97. The molecule has 110 valence electrons. The van der Waals surface area contributed by atoms with Crippen LogP contribution >= 0.6 is 22.9 Å². The molecule has 1 aromatic heterocycles. The Morgan fingerprint density at radius 2 is 2.10 bits per heavy atom. The van der Waals surface area contributed by atoms with Gasteiger partial charge in [-0.3, -0.25) is 4.79 Å². The minimum atomic E-state index is 0.0663. The Morgan fingerprint density at radius 1 is 1.33 bits per heavy atom. The Balaban J connectivity index is 1.70. The lowest BCUT2D eigenvalue weighted by Gasteiger charge is -2.20. The second kappa shape index (κ2) is 6.56. The molecule has 21 heavy (non-hydrogen) atoms. The van der Waals surface area contributed by atoms with Crippen LogP contribution in [-0.2, 0) is 4.79 Å². The van der Waals surface area contributed by atoms with Gasteiger partial charge in [0.2, 0.25) is 5.91 Å². The summed E-state index contributed by atoms with van der Waals surface area (Å²) in [5.41, 5.74) is 1.68. The molecule has 1 aliphatic rings. The van der Waals surface area contributed by atoms with Crippen molar-refractivity contribution in [3.8, 4) is 11.3 Å². The molecule has 2 N–H and O–H groups in total. The number of aromatic nitrogens is 1. The largest absolute Gasteiger partial charge is 0.317 e. The number of rotatable bonds is 3. The lowest BCUT2D eigenvalue weighted by molar-refractivity contribution is -0.120. The smallest absolute Gasteiger partial charge is 0.229 e. The van der Waals surface area contributed by atoms with E-state index in [2.05, 4.69) is 15.6 Å². The van der Waals surface area contributed by atoms with Crippen molar-refractivity contribution in [2.24, 2.45) is 5.92 Å². The van der Waals surface area contributed by atoms with E-state index in [0.29, 0.717) is 10.2 Å².